The van der Waals surface area contributed by atoms with Gasteiger partial charge in [0.15, 0.2) is 5.60 Å². The fourth-order valence-electron chi connectivity index (χ4n) is 8.52. The topological polar surface area (TPSA) is 128 Å². The Balaban J connectivity index is 1.22. The van der Waals surface area contributed by atoms with Gasteiger partial charge in [-0.3, -0.25) is 14.3 Å². The number of hydrogen-bond donors (Lipinski definition) is 2. The Bertz CT molecular complexity index is 2180. The highest BCUT2D eigenvalue weighted by molar-refractivity contribution is 6.91. The molecule has 4 atom stereocenters. The Morgan fingerprint density at radius 1 is 1.00 bits per heavy atom. The number of aryl methyl sites for hydroxylation is 1. The number of amides is 2. The van der Waals surface area contributed by atoms with Crippen LogP contribution in [0.3, 0.4) is 0 Å². The molecule has 0 aliphatic carbocycles. The van der Waals surface area contributed by atoms with Gasteiger partial charge in [-0.05, 0) is 84.3 Å². The van der Waals surface area contributed by atoms with E-state index < -0.39 is 13.7 Å². The van der Waals surface area contributed by atoms with Gasteiger partial charge in [-0.25, -0.2) is 0 Å². The summed E-state index contributed by atoms with van der Waals surface area (Å²) in [6.45, 7) is 7.64. The molecule has 13 heteroatoms. The van der Waals surface area contributed by atoms with Crippen molar-refractivity contribution in [2.24, 2.45) is 5.92 Å². The lowest BCUT2D eigenvalue weighted by atomic mass is 9.82. The van der Waals surface area contributed by atoms with Crippen molar-refractivity contribution in [2.75, 3.05) is 31.0 Å². The van der Waals surface area contributed by atoms with E-state index in [-0.39, 0.29) is 42.5 Å². The van der Waals surface area contributed by atoms with Crippen molar-refractivity contribution in [1.82, 2.24) is 15.0 Å². The highest BCUT2D eigenvalue weighted by atomic mass is 35.5. The number of ether oxygens (including phenoxy) is 3. The maximum absolute atomic E-state index is 15.2. The number of benzene rings is 4. The zero-order valence-electron chi connectivity index (χ0n) is 31.7. The van der Waals surface area contributed by atoms with E-state index in [1.807, 2.05) is 60.8 Å². The SMILES string of the molecule is COc1ccc(C(=O)Nc2cccc(CN3C(=O)[C@@]4(O[C@@H](CCn5cc(CCO)nn5)[C@H]([Si](C)(C)c5ccc(OC)cc5)[C@H]4C)c4cc(Cl)ccc43)c2)cc1. The van der Waals surface area contributed by atoms with Crippen LogP contribution in [0.1, 0.15) is 40.5 Å². The molecule has 286 valence electrons. The minimum atomic E-state index is -2.37. The number of nitrogens with zero attached hydrogens (tertiary/aromatic N) is 4. The number of aliphatic hydroxyl groups is 1. The molecular weight excluding hydrogens is 734 g/mol. The molecule has 1 saturated heterocycles. The molecule has 1 fully saturated rings. The maximum atomic E-state index is 15.2. The van der Waals surface area contributed by atoms with E-state index in [0.29, 0.717) is 41.4 Å². The lowest BCUT2D eigenvalue weighted by Gasteiger charge is -2.37. The standard InChI is InChI=1S/C42H46ClN5O6Si/c1-27-39(55(4,5)35-16-14-34(53-3)15-17-35)38(19-21-47-26-32(20-22-49)45-46-47)54-42(27)36-24-30(43)11-18-37(36)48(41(42)51)25-28-7-6-8-31(23-28)44-40(50)29-9-12-33(52-2)13-10-29/h6-18,23-24,26-27,38-39,49H,19-22,25H2,1-5H3,(H,44,50)/t27-,38+,39-,42+/m1/s1. The van der Waals surface area contributed by atoms with Gasteiger partial charge in [-0.2, -0.15) is 0 Å². The third-order valence-electron chi connectivity index (χ3n) is 11.3. The first-order valence-corrected chi connectivity index (χ1v) is 21.9. The summed E-state index contributed by atoms with van der Waals surface area (Å²) in [6.07, 6.45) is 2.59. The van der Waals surface area contributed by atoms with E-state index >= 15 is 4.79 Å². The van der Waals surface area contributed by atoms with Crippen molar-refractivity contribution in [3.05, 3.63) is 125 Å². The fourth-order valence-corrected chi connectivity index (χ4v) is 12.8. The van der Waals surface area contributed by atoms with Crippen molar-refractivity contribution >= 4 is 48.1 Å². The molecule has 0 unspecified atom stereocenters. The first-order chi connectivity index (χ1) is 26.5. The molecule has 7 rings (SSSR count). The normalized spacial score (nSPS) is 20.5. The summed E-state index contributed by atoms with van der Waals surface area (Å²) < 4.78 is 19.8. The Kier molecular flexibility index (Phi) is 10.9. The average Bonchev–Trinajstić information content (AvgIpc) is 3.83. The van der Waals surface area contributed by atoms with E-state index in [4.69, 9.17) is 25.8 Å². The number of hydrogen-bond acceptors (Lipinski definition) is 8. The number of anilines is 2. The van der Waals surface area contributed by atoms with E-state index in [2.05, 4.69) is 47.8 Å². The summed E-state index contributed by atoms with van der Waals surface area (Å²) >= 11 is 6.71. The van der Waals surface area contributed by atoms with E-state index in [1.54, 1.807) is 48.1 Å². The third kappa shape index (κ3) is 7.27. The van der Waals surface area contributed by atoms with E-state index in [0.717, 1.165) is 28.3 Å². The van der Waals surface area contributed by atoms with Crippen LogP contribution >= 0.6 is 11.6 Å². The van der Waals surface area contributed by atoms with Gasteiger partial charge in [-0.15, -0.1) is 5.10 Å². The second-order valence-electron chi connectivity index (χ2n) is 14.8. The largest absolute Gasteiger partial charge is 0.497 e. The van der Waals surface area contributed by atoms with Crippen LogP contribution in [0, 0.1) is 5.92 Å². The van der Waals surface area contributed by atoms with Crippen LogP contribution in [0.4, 0.5) is 11.4 Å². The van der Waals surface area contributed by atoms with Gasteiger partial charge in [0.25, 0.3) is 11.8 Å². The number of carbonyl (C=O) groups is 2. The number of rotatable bonds is 13. The van der Waals surface area contributed by atoms with Gasteiger partial charge >= 0.3 is 0 Å². The molecule has 1 aromatic heterocycles. The molecule has 2 amide bonds. The molecule has 2 N–H and O–H groups in total. The van der Waals surface area contributed by atoms with Gasteiger partial charge in [-0.1, -0.05) is 66.3 Å². The van der Waals surface area contributed by atoms with Crippen LogP contribution in [0.2, 0.25) is 23.7 Å². The summed E-state index contributed by atoms with van der Waals surface area (Å²) in [5.74, 6) is 0.855. The maximum Gasteiger partial charge on any atom is 0.264 e. The summed E-state index contributed by atoms with van der Waals surface area (Å²) in [6, 6.07) is 28.3. The van der Waals surface area contributed by atoms with E-state index in [1.165, 1.54) is 5.19 Å². The minimum Gasteiger partial charge on any atom is -0.497 e. The van der Waals surface area contributed by atoms with Crippen LogP contribution in [-0.2, 0) is 34.6 Å². The van der Waals surface area contributed by atoms with Crippen molar-refractivity contribution in [2.45, 2.75) is 63.2 Å². The van der Waals surface area contributed by atoms with Gasteiger partial charge in [0.2, 0.25) is 0 Å². The van der Waals surface area contributed by atoms with Crippen molar-refractivity contribution in [3.63, 3.8) is 0 Å². The predicted octanol–water partition coefficient (Wildman–Crippen LogP) is 6.59. The number of aliphatic hydroxyl groups excluding tert-OH is 1. The molecule has 1 spiro atoms. The van der Waals surface area contributed by atoms with Crippen LogP contribution < -0.4 is 24.9 Å². The summed E-state index contributed by atoms with van der Waals surface area (Å²) in [5.41, 5.74) is 2.94. The molecule has 0 radical (unpaired) electrons. The minimum absolute atomic E-state index is 0.00258. The molecule has 3 heterocycles. The molecule has 4 aromatic carbocycles. The first kappa shape index (κ1) is 38.3. The van der Waals surface area contributed by atoms with E-state index in [9.17, 15) is 9.90 Å². The second-order valence-corrected chi connectivity index (χ2v) is 20.0. The quantitative estimate of drug-likeness (QED) is 0.128. The van der Waals surface area contributed by atoms with Gasteiger partial charge in [0, 0.05) is 53.5 Å². The number of fused-ring (bicyclic) bond motifs is 2. The molecule has 55 heavy (non-hydrogen) atoms. The number of nitrogens with one attached hydrogen (secondary N) is 1. The molecule has 2 aliphatic rings. The number of halogens is 1. The van der Waals surface area contributed by atoms with Crippen molar-refractivity contribution in [3.8, 4) is 11.5 Å². The van der Waals surface area contributed by atoms with Crippen LogP contribution in [0.25, 0.3) is 0 Å². The summed E-state index contributed by atoms with van der Waals surface area (Å²) in [5, 5.41) is 22.7. The summed E-state index contributed by atoms with van der Waals surface area (Å²) in [7, 11) is 0.869. The van der Waals surface area contributed by atoms with Crippen LogP contribution in [0.5, 0.6) is 11.5 Å². The van der Waals surface area contributed by atoms with Gasteiger partial charge in [0.1, 0.15) is 11.5 Å². The summed E-state index contributed by atoms with van der Waals surface area (Å²) in [4.78, 5) is 30.1. The average molecular weight is 780 g/mol. The first-order valence-electron chi connectivity index (χ1n) is 18.5. The zero-order chi connectivity index (χ0) is 38.9. The van der Waals surface area contributed by atoms with Crippen molar-refractivity contribution < 1.29 is 28.9 Å². The second kappa shape index (κ2) is 15.6. The number of aromatic nitrogens is 3. The number of carbonyl (C=O) groups excluding carboxylic acids is 2. The number of methoxy groups -OCH3 is 2. The molecular formula is C42H46ClN5O6Si. The monoisotopic (exact) mass is 779 g/mol. The molecule has 11 nitrogen and oxygen atoms in total. The smallest absolute Gasteiger partial charge is 0.264 e. The molecule has 0 saturated carbocycles. The molecule has 2 aliphatic heterocycles. The Labute approximate surface area is 327 Å². The van der Waals surface area contributed by atoms with Crippen molar-refractivity contribution in [1.29, 1.82) is 0 Å². The lowest BCUT2D eigenvalue weighted by Crippen LogP contribution is -2.51. The lowest BCUT2D eigenvalue weighted by molar-refractivity contribution is -0.146. The van der Waals surface area contributed by atoms with Gasteiger partial charge < -0.3 is 29.5 Å². The van der Waals surface area contributed by atoms with Crippen LogP contribution in [0.15, 0.2) is 97.2 Å². The predicted molar refractivity (Wildman–Crippen MR) is 215 cm³/mol. The molecule has 0 bridgehead atoms. The zero-order valence-corrected chi connectivity index (χ0v) is 33.4. The Morgan fingerprint density at radius 3 is 2.40 bits per heavy atom. The molecule has 5 aromatic rings. The Morgan fingerprint density at radius 2 is 1.71 bits per heavy atom. The third-order valence-corrected chi connectivity index (χ3v) is 15.9. The van der Waals surface area contributed by atoms with Crippen LogP contribution in [-0.4, -0.2) is 66.9 Å². The highest BCUT2D eigenvalue weighted by Crippen LogP contribution is 2.60. The Hall–Kier alpha value is -5.01. The van der Waals surface area contributed by atoms with Gasteiger partial charge in [0.05, 0.1) is 46.3 Å². The fraction of sp³-hybridized carbons (Fsp3) is 0.333. The highest BCUT2D eigenvalue weighted by Gasteiger charge is 2.66.